The van der Waals surface area contributed by atoms with Crippen molar-refractivity contribution >= 4 is 15.9 Å². The number of nitrogens with zero attached hydrogens (tertiary/aromatic N) is 1. The molecular formula is C11H20N2O4S. The average Bonchev–Trinajstić information content (AvgIpc) is 2.95. The second-order valence-electron chi connectivity index (χ2n) is 5.01. The first-order valence-electron chi connectivity index (χ1n) is 6.31. The van der Waals surface area contributed by atoms with Crippen molar-refractivity contribution in [1.82, 2.24) is 9.62 Å². The van der Waals surface area contributed by atoms with E-state index in [0.717, 1.165) is 25.7 Å². The Labute approximate surface area is 108 Å². The molecule has 0 spiro atoms. The van der Waals surface area contributed by atoms with E-state index < -0.39 is 16.1 Å². The predicted octanol–water partition coefficient (Wildman–Crippen LogP) is -0.437. The highest BCUT2D eigenvalue weighted by atomic mass is 32.2. The van der Waals surface area contributed by atoms with E-state index in [2.05, 4.69) is 5.32 Å². The molecule has 2 aliphatic heterocycles. The van der Waals surface area contributed by atoms with Gasteiger partial charge in [-0.25, -0.2) is 8.42 Å². The fourth-order valence-corrected chi connectivity index (χ4v) is 3.63. The molecule has 0 aromatic rings. The zero-order valence-electron chi connectivity index (χ0n) is 10.6. The molecule has 0 aromatic heterocycles. The van der Waals surface area contributed by atoms with E-state index in [1.807, 2.05) is 0 Å². The molecule has 0 aromatic carbocycles. The van der Waals surface area contributed by atoms with E-state index in [9.17, 15) is 13.2 Å². The second kappa shape index (κ2) is 5.54. The third-order valence-corrected chi connectivity index (χ3v) is 4.81. The molecule has 2 rings (SSSR count). The Morgan fingerprint density at radius 2 is 2.22 bits per heavy atom. The maximum absolute atomic E-state index is 12.0. The van der Waals surface area contributed by atoms with E-state index in [1.54, 1.807) is 0 Å². The summed E-state index contributed by atoms with van der Waals surface area (Å²) in [6.07, 6.45) is 3.47. The predicted molar refractivity (Wildman–Crippen MR) is 66.5 cm³/mol. The first kappa shape index (κ1) is 13.8. The number of carbonyl (C=O) groups excluding carboxylic acids is 1. The van der Waals surface area contributed by atoms with Crippen LogP contribution in [0.3, 0.4) is 0 Å². The van der Waals surface area contributed by atoms with E-state index in [1.165, 1.54) is 4.31 Å². The minimum atomic E-state index is -3.29. The Kier molecular flexibility index (Phi) is 4.24. The lowest BCUT2D eigenvalue weighted by Gasteiger charge is -2.22. The van der Waals surface area contributed by atoms with Gasteiger partial charge in [-0.05, 0) is 19.3 Å². The Hall–Kier alpha value is -0.660. The van der Waals surface area contributed by atoms with Crippen LogP contribution < -0.4 is 5.32 Å². The summed E-state index contributed by atoms with van der Waals surface area (Å²) >= 11 is 0. The molecule has 0 radical (unpaired) electrons. The monoisotopic (exact) mass is 276 g/mol. The zero-order chi connectivity index (χ0) is 13.2. The van der Waals surface area contributed by atoms with Crippen molar-refractivity contribution in [2.24, 2.45) is 5.92 Å². The molecule has 2 saturated heterocycles. The molecule has 104 valence electrons. The SMILES string of the molecule is CS(=O)(=O)N1CCCC1C(=O)NCC1CCOC1. The fraction of sp³-hybridized carbons (Fsp3) is 0.909. The first-order chi connectivity index (χ1) is 8.48. The molecule has 0 bridgehead atoms. The van der Waals surface area contributed by atoms with Gasteiger partial charge in [-0.15, -0.1) is 0 Å². The number of carbonyl (C=O) groups is 1. The van der Waals surface area contributed by atoms with Crippen molar-refractivity contribution in [2.45, 2.75) is 25.3 Å². The summed E-state index contributed by atoms with van der Waals surface area (Å²) in [6.45, 7) is 2.45. The van der Waals surface area contributed by atoms with Crippen LogP contribution in [0.5, 0.6) is 0 Å². The van der Waals surface area contributed by atoms with Gasteiger partial charge in [0.2, 0.25) is 15.9 Å². The number of hydrogen-bond donors (Lipinski definition) is 1. The third kappa shape index (κ3) is 3.21. The lowest BCUT2D eigenvalue weighted by molar-refractivity contribution is -0.124. The standard InChI is InChI=1S/C11H20N2O4S/c1-18(15,16)13-5-2-3-10(13)11(14)12-7-9-4-6-17-8-9/h9-10H,2-8H2,1H3,(H,12,14). The summed E-state index contributed by atoms with van der Waals surface area (Å²) in [5.41, 5.74) is 0. The van der Waals surface area contributed by atoms with Gasteiger partial charge in [-0.2, -0.15) is 4.31 Å². The lowest BCUT2D eigenvalue weighted by atomic mass is 10.1. The largest absolute Gasteiger partial charge is 0.381 e. The normalized spacial score (nSPS) is 29.6. The van der Waals surface area contributed by atoms with Crippen LogP contribution in [-0.4, -0.2) is 57.2 Å². The summed E-state index contributed by atoms with van der Waals surface area (Å²) in [5.74, 6) is 0.187. The molecule has 1 N–H and O–H groups in total. The summed E-state index contributed by atoms with van der Waals surface area (Å²) in [6, 6.07) is -0.526. The molecule has 2 atom stereocenters. The number of hydrogen-bond acceptors (Lipinski definition) is 4. The highest BCUT2D eigenvalue weighted by Crippen LogP contribution is 2.20. The van der Waals surface area contributed by atoms with Gasteiger partial charge in [-0.1, -0.05) is 0 Å². The van der Waals surface area contributed by atoms with E-state index in [4.69, 9.17) is 4.74 Å². The lowest BCUT2D eigenvalue weighted by Crippen LogP contribution is -2.46. The van der Waals surface area contributed by atoms with Crippen molar-refractivity contribution < 1.29 is 17.9 Å². The van der Waals surface area contributed by atoms with E-state index in [0.29, 0.717) is 32.0 Å². The van der Waals surface area contributed by atoms with E-state index in [-0.39, 0.29) is 5.91 Å². The fourth-order valence-electron chi connectivity index (χ4n) is 2.51. The van der Waals surface area contributed by atoms with Gasteiger partial charge in [0.25, 0.3) is 0 Å². The molecular weight excluding hydrogens is 256 g/mol. The van der Waals surface area contributed by atoms with Crippen LogP contribution >= 0.6 is 0 Å². The quantitative estimate of drug-likeness (QED) is 0.755. The highest BCUT2D eigenvalue weighted by Gasteiger charge is 2.36. The summed E-state index contributed by atoms with van der Waals surface area (Å²) in [5, 5.41) is 2.84. The summed E-state index contributed by atoms with van der Waals surface area (Å²) in [7, 11) is -3.29. The van der Waals surface area contributed by atoms with Crippen LogP contribution in [0.15, 0.2) is 0 Å². The van der Waals surface area contributed by atoms with Crippen LogP contribution in [0.1, 0.15) is 19.3 Å². The summed E-state index contributed by atoms with van der Waals surface area (Å²) in [4.78, 5) is 12.0. The number of ether oxygens (including phenoxy) is 1. The minimum Gasteiger partial charge on any atom is -0.381 e. The van der Waals surface area contributed by atoms with Crippen molar-refractivity contribution in [2.75, 3.05) is 32.6 Å². The van der Waals surface area contributed by atoms with Gasteiger partial charge in [0.1, 0.15) is 6.04 Å². The van der Waals surface area contributed by atoms with Crippen molar-refractivity contribution in [3.8, 4) is 0 Å². The zero-order valence-corrected chi connectivity index (χ0v) is 11.4. The molecule has 2 heterocycles. The topological polar surface area (TPSA) is 75.7 Å². The second-order valence-corrected chi connectivity index (χ2v) is 6.94. The van der Waals surface area contributed by atoms with Crippen LogP contribution in [0, 0.1) is 5.92 Å². The van der Waals surface area contributed by atoms with Gasteiger partial charge in [0.15, 0.2) is 0 Å². The molecule has 2 aliphatic rings. The van der Waals surface area contributed by atoms with Crippen LogP contribution in [0.25, 0.3) is 0 Å². The van der Waals surface area contributed by atoms with Crippen LogP contribution in [-0.2, 0) is 19.6 Å². The number of sulfonamides is 1. The summed E-state index contributed by atoms with van der Waals surface area (Å²) < 4.78 is 29.6. The van der Waals surface area contributed by atoms with Crippen LogP contribution in [0.4, 0.5) is 0 Å². The third-order valence-electron chi connectivity index (χ3n) is 3.52. The van der Waals surface area contributed by atoms with Crippen molar-refractivity contribution in [3.05, 3.63) is 0 Å². The van der Waals surface area contributed by atoms with Gasteiger partial charge in [-0.3, -0.25) is 4.79 Å². The molecule has 1 amide bonds. The average molecular weight is 276 g/mol. The maximum atomic E-state index is 12.0. The van der Waals surface area contributed by atoms with Crippen molar-refractivity contribution in [3.63, 3.8) is 0 Å². The highest BCUT2D eigenvalue weighted by molar-refractivity contribution is 7.88. The molecule has 2 unspecified atom stereocenters. The molecule has 0 saturated carbocycles. The molecule has 18 heavy (non-hydrogen) atoms. The molecule has 2 fully saturated rings. The molecule has 0 aliphatic carbocycles. The van der Waals surface area contributed by atoms with Crippen molar-refractivity contribution in [1.29, 1.82) is 0 Å². The van der Waals surface area contributed by atoms with Crippen LogP contribution in [0.2, 0.25) is 0 Å². The maximum Gasteiger partial charge on any atom is 0.238 e. The Morgan fingerprint density at radius 3 is 2.83 bits per heavy atom. The number of amides is 1. The smallest absolute Gasteiger partial charge is 0.238 e. The van der Waals surface area contributed by atoms with Gasteiger partial charge < -0.3 is 10.1 Å². The Balaban J connectivity index is 1.87. The molecule has 6 nitrogen and oxygen atoms in total. The Morgan fingerprint density at radius 1 is 1.44 bits per heavy atom. The van der Waals surface area contributed by atoms with Gasteiger partial charge in [0.05, 0.1) is 12.9 Å². The number of rotatable bonds is 4. The van der Waals surface area contributed by atoms with Gasteiger partial charge >= 0.3 is 0 Å². The van der Waals surface area contributed by atoms with Gasteiger partial charge in [0, 0.05) is 25.6 Å². The minimum absolute atomic E-state index is 0.176. The number of nitrogens with one attached hydrogen (secondary N) is 1. The molecule has 7 heteroatoms. The Bertz CT molecular complexity index is 403. The van der Waals surface area contributed by atoms with E-state index >= 15 is 0 Å². The first-order valence-corrected chi connectivity index (χ1v) is 8.15.